The van der Waals surface area contributed by atoms with Gasteiger partial charge in [0, 0.05) is 13.0 Å². The Bertz CT molecular complexity index is 138. The Hall–Kier alpha value is -0.770. The molecule has 0 heterocycles. The summed E-state index contributed by atoms with van der Waals surface area (Å²) in [6, 6.07) is 0. The molecule has 0 atom stereocenters. The molecule has 13 heavy (non-hydrogen) atoms. The third-order valence-corrected chi connectivity index (χ3v) is 1.77. The van der Waals surface area contributed by atoms with Crippen molar-refractivity contribution in [3.8, 4) is 0 Å². The second-order valence-electron chi connectivity index (χ2n) is 3.01. The molecule has 3 N–H and O–H groups in total. The standard InChI is InChI=1S/C9H20N2O2/c1-2-3-4-5-7-13-8-6-9(10)11-12/h12H,2-8H2,1H3,(H2,10,11). The average Bonchev–Trinajstić information content (AvgIpc) is 2.16. The second kappa shape index (κ2) is 9.32. The van der Waals surface area contributed by atoms with Crippen LogP contribution in [0.5, 0.6) is 0 Å². The second-order valence-corrected chi connectivity index (χ2v) is 3.01. The Labute approximate surface area is 79.8 Å². The molecule has 0 amide bonds. The van der Waals surface area contributed by atoms with Crippen molar-refractivity contribution in [3.05, 3.63) is 0 Å². The number of hydrogen-bond acceptors (Lipinski definition) is 3. The van der Waals surface area contributed by atoms with Gasteiger partial charge in [-0.05, 0) is 6.42 Å². The van der Waals surface area contributed by atoms with E-state index in [0.717, 1.165) is 13.0 Å². The van der Waals surface area contributed by atoms with Crippen LogP contribution in [0.2, 0.25) is 0 Å². The third kappa shape index (κ3) is 9.14. The first-order valence-corrected chi connectivity index (χ1v) is 4.85. The van der Waals surface area contributed by atoms with Crippen LogP contribution in [0.15, 0.2) is 5.16 Å². The number of hydrogen-bond donors (Lipinski definition) is 2. The first-order valence-electron chi connectivity index (χ1n) is 4.85. The van der Waals surface area contributed by atoms with Gasteiger partial charge in [0.2, 0.25) is 0 Å². The van der Waals surface area contributed by atoms with Crippen molar-refractivity contribution in [1.29, 1.82) is 0 Å². The van der Waals surface area contributed by atoms with E-state index in [2.05, 4.69) is 12.1 Å². The van der Waals surface area contributed by atoms with Gasteiger partial charge in [-0.3, -0.25) is 0 Å². The van der Waals surface area contributed by atoms with Crippen molar-refractivity contribution in [1.82, 2.24) is 0 Å². The minimum Gasteiger partial charge on any atom is -0.409 e. The molecular formula is C9H20N2O2. The molecule has 0 saturated carbocycles. The van der Waals surface area contributed by atoms with Crippen molar-refractivity contribution in [2.45, 2.75) is 39.0 Å². The Morgan fingerprint density at radius 1 is 1.31 bits per heavy atom. The minimum atomic E-state index is 0.230. The molecule has 0 spiro atoms. The molecule has 0 aliphatic rings. The van der Waals surface area contributed by atoms with E-state index in [1.807, 2.05) is 0 Å². The monoisotopic (exact) mass is 188 g/mol. The zero-order valence-corrected chi connectivity index (χ0v) is 8.33. The van der Waals surface area contributed by atoms with Crippen LogP contribution >= 0.6 is 0 Å². The maximum Gasteiger partial charge on any atom is 0.141 e. The summed E-state index contributed by atoms with van der Waals surface area (Å²) in [6.07, 6.45) is 5.34. The molecule has 0 aliphatic carbocycles. The van der Waals surface area contributed by atoms with E-state index in [1.54, 1.807) is 0 Å². The minimum absolute atomic E-state index is 0.230. The smallest absolute Gasteiger partial charge is 0.141 e. The van der Waals surface area contributed by atoms with Crippen LogP contribution in [-0.4, -0.2) is 24.3 Å². The van der Waals surface area contributed by atoms with Gasteiger partial charge in [0.1, 0.15) is 5.84 Å². The number of ether oxygens (including phenoxy) is 1. The van der Waals surface area contributed by atoms with Crippen LogP contribution in [0.4, 0.5) is 0 Å². The van der Waals surface area contributed by atoms with E-state index < -0.39 is 0 Å². The average molecular weight is 188 g/mol. The molecule has 0 fully saturated rings. The van der Waals surface area contributed by atoms with Gasteiger partial charge in [-0.25, -0.2) is 0 Å². The lowest BCUT2D eigenvalue weighted by Crippen LogP contribution is -2.14. The number of oxime groups is 1. The lowest BCUT2D eigenvalue weighted by Gasteiger charge is -2.02. The van der Waals surface area contributed by atoms with Crippen molar-refractivity contribution >= 4 is 5.84 Å². The molecule has 0 aromatic carbocycles. The highest BCUT2D eigenvalue weighted by molar-refractivity contribution is 5.79. The van der Waals surface area contributed by atoms with Gasteiger partial charge in [-0.1, -0.05) is 31.3 Å². The van der Waals surface area contributed by atoms with Crippen LogP contribution in [0.25, 0.3) is 0 Å². The highest BCUT2D eigenvalue weighted by Crippen LogP contribution is 1.98. The van der Waals surface area contributed by atoms with Crippen molar-refractivity contribution < 1.29 is 9.94 Å². The van der Waals surface area contributed by atoms with Crippen LogP contribution in [-0.2, 0) is 4.74 Å². The van der Waals surface area contributed by atoms with E-state index in [1.165, 1.54) is 19.3 Å². The zero-order valence-electron chi connectivity index (χ0n) is 8.33. The van der Waals surface area contributed by atoms with Gasteiger partial charge in [0.25, 0.3) is 0 Å². The highest BCUT2D eigenvalue weighted by Gasteiger charge is 1.93. The largest absolute Gasteiger partial charge is 0.409 e. The third-order valence-electron chi connectivity index (χ3n) is 1.77. The summed E-state index contributed by atoms with van der Waals surface area (Å²) in [4.78, 5) is 0. The Morgan fingerprint density at radius 2 is 2.08 bits per heavy atom. The van der Waals surface area contributed by atoms with Crippen molar-refractivity contribution in [2.24, 2.45) is 10.9 Å². The van der Waals surface area contributed by atoms with Gasteiger partial charge >= 0.3 is 0 Å². The molecule has 0 saturated heterocycles. The van der Waals surface area contributed by atoms with E-state index in [-0.39, 0.29) is 5.84 Å². The van der Waals surface area contributed by atoms with Crippen molar-refractivity contribution in [2.75, 3.05) is 13.2 Å². The molecule has 0 aromatic rings. The van der Waals surface area contributed by atoms with E-state index in [9.17, 15) is 0 Å². The fourth-order valence-electron chi connectivity index (χ4n) is 0.960. The molecule has 0 rings (SSSR count). The Balaban J connectivity index is 3.00. The quantitative estimate of drug-likeness (QED) is 0.200. The van der Waals surface area contributed by atoms with Crippen LogP contribution in [0.1, 0.15) is 39.0 Å². The Morgan fingerprint density at radius 3 is 2.69 bits per heavy atom. The summed E-state index contributed by atoms with van der Waals surface area (Å²) < 4.78 is 5.28. The molecule has 4 nitrogen and oxygen atoms in total. The number of unbranched alkanes of at least 4 members (excludes halogenated alkanes) is 3. The molecular weight excluding hydrogens is 168 g/mol. The van der Waals surface area contributed by atoms with Crippen molar-refractivity contribution in [3.63, 3.8) is 0 Å². The molecule has 0 aliphatic heterocycles. The molecule has 78 valence electrons. The predicted molar refractivity (Wildman–Crippen MR) is 53.0 cm³/mol. The Kier molecular flexibility index (Phi) is 8.77. The molecule has 0 aromatic heterocycles. The zero-order chi connectivity index (χ0) is 9.94. The van der Waals surface area contributed by atoms with Gasteiger partial charge in [0.15, 0.2) is 0 Å². The first kappa shape index (κ1) is 12.2. The van der Waals surface area contributed by atoms with Crippen LogP contribution in [0, 0.1) is 0 Å². The summed E-state index contributed by atoms with van der Waals surface area (Å²) in [7, 11) is 0. The summed E-state index contributed by atoms with van der Waals surface area (Å²) in [5, 5.41) is 11.1. The lowest BCUT2D eigenvalue weighted by atomic mass is 10.2. The maximum absolute atomic E-state index is 8.21. The molecule has 0 unspecified atom stereocenters. The van der Waals surface area contributed by atoms with Crippen LogP contribution < -0.4 is 5.73 Å². The van der Waals surface area contributed by atoms with Gasteiger partial charge in [-0.15, -0.1) is 0 Å². The summed E-state index contributed by atoms with van der Waals surface area (Å²) in [5.74, 6) is 0.230. The summed E-state index contributed by atoms with van der Waals surface area (Å²) >= 11 is 0. The van der Waals surface area contributed by atoms with Gasteiger partial charge < -0.3 is 15.7 Å². The maximum atomic E-state index is 8.21. The van der Waals surface area contributed by atoms with Gasteiger partial charge in [0.05, 0.1) is 6.61 Å². The van der Waals surface area contributed by atoms with E-state index in [0.29, 0.717) is 13.0 Å². The first-order chi connectivity index (χ1) is 6.31. The van der Waals surface area contributed by atoms with Crippen LogP contribution in [0.3, 0.4) is 0 Å². The van der Waals surface area contributed by atoms with Gasteiger partial charge in [-0.2, -0.15) is 0 Å². The normalized spacial score (nSPS) is 11.9. The summed E-state index contributed by atoms with van der Waals surface area (Å²) in [6.45, 7) is 3.50. The number of nitrogens with two attached hydrogens (primary N) is 1. The lowest BCUT2D eigenvalue weighted by molar-refractivity contribution is 0.136. The molecule has 4 heteroatoms. The molecule has 0 radical (unpaired) electrons. The fraction of sp³-hybridized carbons (Fsp3) is 0.889. The summed E-state index contributed by atoms with van der Waals surface area (Å²) in [5.41, 5.74) is 5.26. The number of amidine groups is 1. The van der Waals surface area contributed by atoms with E-state index in [4.69, 9.17) is 15.7 Å². The molecule has 0 bridgehead atoms. The SMILES string of the molecule is CCCCCCOCC/C(N)=N/O. The highest BCUT2D eigenvalue weighted by atomic mass is 16.5. The fourth-order valence-corrected chi connectivity index (χ4v) is 0.960. The van der Waals surface area contributed by atoms with E-state index >= 15 is 0 Å². The number of rotatable bonds is 8. The topological polar surface area (TPSA) is 67.8 Å². The number of nitrogens with zero attached hydrogens (tertiary/aromatic N) is 1. The predicted octanol–water partition coefficient (Wildman–Crippen LogP) is 1.72.